The molecule has 3 heteroatoms. The lowest BCUT2D eigenvalue weighted by Gasteiger charge is -2.07. The molecule has 0 saturated heterocycles. The van der Waals surface area contributed by atoms with E-state index >= 15 is 0 Å². The van der Waals surface area contributed by atoms with Crippen molar-refractivity contribution in [2.24, 2.45) is 0 Å². The highest BCUT2D eigenvalue weighted by Gasteiger charge is 2.09. The fourth-order valence-electron chi connectivity index (χ4n) is 0.713. The van der Waals surface area contributed by atoms with Gasteiger partial charge in [0.25, 0.3) is 0 Å². The maximum absolute atomic E-state index is 10.2. The zero-order valence-electron chi connectivity index (χ0n) is 5.36. The Morgan fingerprint density at radius 1 is 1.60 bits per heavy atom. The molecule has 2 nitrogen and oxygen atoms in total. The van der Waals surface area contributed by atoms with E-state index in [9.17, 15) is 4.79 Å². The lowest BCUT2D eigenvalue weighted by atomic mass is 10.3. The second kappa shape index (κ2) is 3.46. The summed E-state index contributed by atoms with van der Waals surface area (Å²) in [7, 11) is 0. The topological polar surface area (TPSA) is 37.3 Å². The molecule has 54 valence electrons. The minimum absolute atomic E-state index is 0.127. The molecule has 0 amide bonds. The van der Waals surface area contributed by atoms with Crippen LogP contribution < -0.4 is 0 Å². The molecule has 0 aromatic carbocycles. The molecule has 1 N–H and O–H groups in total. The van der Waals surface area contributed by atoms with Gasteiger partial charge in [0.15, 0.2) is 0 Å². The van der Waals surface area contributed by atoms with Crippen molar-refractivity contribution in [1.82, 2.24) is 0 Å². The fraction of sp³-hybridized carbons (Fsp3) is 0.286. The number of allylic oxidation sites excluding steroid dienone is 2. The van der Waals surface area contributed by atoms with Crippen LogP contribution in [0.4, 0.5) is 0 Å². The first-order chi connectivity index (χ1) is 4.79. The predicted octanol–water partition coefficient (Wildman–Crippen LogP) is 1.65. The second-order valence-corrected chi connectivity index (χ2v) is 3.14. The first kappa shape index (κ1) is 7.41. The number of rotatable bonds is 2. The fourth-order valence-corrected chi connectivity index (χ4v) is 1.52. The van der Waals surface area contributed by atoms with Crippen LogP contribution in [0.2, 0.25) is 0 Å². The maximum Gasteiger partial charge on any atom is 0.304 e. The molecule has 0 fully saturated rings. The SMILES string of the molecule is O=C(O)CC1C=CC=CS1. The lowest BCUT2D eigenvalue weighted by molar-refractivity contribution is -0.136. The molecule has 0 aliphatic carbocycles. The number of thioether (sulfide) groups is 1. The average Bonchev–Trinajstić information content (AvgIpc) is 1.88. The van der Waals surface area contributed by atoms with Gasteiger partial charge in [-0.1, -0.05) is 18.2 Å². The van der Waals surface area contributed by atoms with E-state index in [1.807, 2.05) is 23.6 Å². The third kappa shape index (κ3) is 2.27. The Hall–Kier alpha value is -0.700. The first-order valence-corrected chi connectivity index (χ1v) is 3.94. The van der Waals surface area contributed by atoms with Crippen molar-refractivity contribution in [2.45, 2.75) is 11.7 Å². The van der Waals surface area contributed by atoms with Gasteiger partial charge in [-0.2, -0.15) is 0 Å². The smallest absolute Gasteiger partial charge is 0.304 e. The summed E-state index contributed by atoms with van der Waals surface area (Å²) in [5, 5.41) is 10.4. The normalized spacial score (nSPS) is 23.0. The van der Waals surface area contributed by atoms with Crippen LogP contribution in [0.5, 0.6) is 0 Å². The summed E-state index contributed by atoms with van der Waals surface area (Å²) in [5.41, 5.74) is 0. The van der Waals surface area contributed by atoms with Crippen LogP contribution in [0.15, 0.2) is 23.6 Å². The molecule has 0 saturated carbocycles. The molecule has 0 spiro atoms. The third-order valence-corrected chi connectivity index (χ3v) is 2.13. The summed E-state index contributed by atoms with van der Waals surface area (Å²) in [4.78, 5) is 10.2. The van der Waals surface area contributed by atoms with Gasteiger partial charge >= 0.3 is 5.97 Å². The van der Waals surface area contributed by atoms with Crippen molar-refractivity contribution in [2.75, 3.05) is 0 Å². The van der Waals surface area contributed by atoms with E-state index < -0.39 is 5.97 Å². The Bertz CT molecular complexity index is 184. The molecule has 10 heavy (non-hydrogen) atoms. The van der Waals surface area contributed by atoms with Gasteiger partial charge in [-0.05, 0) is 5.41 Å². The monoisotopic (exact) mass is 156 g/mol. The standard InChI is InChI=1S/C7H8O2S/c8-7(9)5-6-3-1-2-4-10-6/h1-4,6H,5H2,(H,8,9). The zero-order valence-corrected chi connectivity index (χ0v) is 6.17. The van der Waals surface area contributed by atoms with Gasteiger partial charge in [0.1, 0.15) is 0 Å². The van der Waals surface area contributed by atoms with Gasteiger partial charge < -0.3 is 5.11 Å². The predicted molar refractivity (Wildman–Crippen MR) is 41.9 cm³/mol. The van der Waals surface area contributed by atoms with Crippen molar-refractivity contribution in [1.29, 1.82) is 0 Å². The zero-order chi connectivity index (χ0) is 7.40. The summed E-state index contributed by atoms with van der Waals surface area (Å²) < 4.78 is 0. The Morgan fingerprint density at radius 2 is 2.40 bits per heavy atom. The second-order valence-electron chi connectivity index (χ2n) is 1.99. The maximum atomic E-state index is 10.2. The molecule has 1 unspecified atom stereocenters. The highest BCUT2D eigenvalue weighted by atomic mass is 32.2. The Balaban J connectivity index is 2.37. The summed E-state index contributed by atoms with van der Waals surface area (Å²) in [6.07, 6.45) is 5.90. The van der Waals surface area contributed by atoms with Crippen LogP contribution in [0.1, 0.15) is 6.42 Å². The number of hydrogen-bond donors (Lipinski definition) is 1. The van der Waals surface area contributed by atoms with Crippen molar-refractivity contribution in [3.63, 3.8) is 0 Å². The van der Waals surface area contributed by atoms with E-state index in [2.05, 4.69) is 0 Å². The minimum Gasteiger partial charge on any atom is -0.481 e. The molecule has 0 aromatic rings. The molecule has 0 radical (unpaired) electrons. The molecule has 1 rings (SSSR count). The van der Waals surface area contributed by atoms with E-state index in [1.54, 1.807) is 11.8 Å². The average molecular weight is 156 g/mol. The van der Waals surface area contributed by atoms with E-state index in [0.717, 1.165) is 0 Å². The minimum atomic E-state index is -0.738. The van der Waals surface area contributed by atoms with Gasteiger partial charge in [-0.3, -0.25) is 4.79 Å². The van der Waals surface area contributed by atoms with Crippen LogP contribution in [0.25, 0.3) is 0 Å². The molecule has 1 atom stereocenters. The summed E-state index contributed by atoms with van der Waals surface area (Å²) in [6.45, 7) is 0. The van der Waals surface area contributed by atoms with E-state index in [-0.39, 0.29) is 11.7 Å². The van der Waals surface area contributed by atoms with E-state index in [1.165, 1.54) is 0 Å². The van der Waals surface area contributed by atoms with Crippen molar-refractivity contribution < 1.29 is 9.90 Å². The number of carbonyl (C=O) groups is 1. The van der Waals surface area contributed by atoms with Gasteiger partial charge in [0, 0.05) is 5.25 Å². The summed E-state index contributed by atoms with van der Waals surface area (Å²) >= 11 is 1.54. The van der Waals surface area contributed by atoms with Crippen LogP contribution in [-0.4, -0.2) is 16.3 Å². The largest absolute Gasteiger partial charge is 0.481 e. The Kier molecular flexibility index (Phi) is 2.57. The van der Waals surface area contributed by atoms with Gasteiger partial charge in [0.05, 0.1) is 6.42 Å². The number of carboxylic acid groups (broad SMARTS) is 1. The highest BCUT2D eigenvalue weighted by molar-refractivity contribution is 8.02. The molecular weight excluding hydrogens is 148 g/mol. The van der Waals surface area contributed by atoms with Gasteiger partial charge in [-0.25, -0.2) is 0 Å². The van der Waals surface area contributed by atoms with Crippen molar-refractivity contribution >= 4 is 17.7 Å². The number of carboxylic acids is 1. The van der Waals surface area contributed by atoms with Crippen LogP contribution >= 0.6 is 11.8 Å². The van der Waals surface area contributed by atoms with Crippen molar-refractivity contribution in [3.8, 4) is 0 Å². The Morgan fingerprint density at radius 3 is 2.90 bits per heavy atom. The lowest BCUT2D eigenvalue weighted by Crippen LogP contribution is -2.06. The van der Waals surface area contributed by atoms with Crippen LogP contribution in [0.3, 0.4) is 0 Å². The summed E-state index contributed by atoms with van der Waals surface area (Å²) in [5.74, 6) is -0.738. The van der Waals surface area contributed by atoms with Crippen molar-refractivity contribution in [3.05, 3.63) is 23.6 Å². The van der Waals surface area contributed by atoms with Gasteiger partial charge in [-0.15, -0.1) is 11.8 Å². The quantitative estimate of drug-likeness (QED) is 0.660. The Labute approximate surface area is 63.6 Å². The number of hydrogen-bond acceptors (Lipinski definition) is 2. The van der Waals surface area contributed by atoms with Crippen LogP contribution in [-0.2, 0) is 4.79 Å². The number of aliphatic carboxylic acids is 1. The van der Waals surface area contributed by atoms with Crippen LogP contribution in [0, 0.1) is 0 Å². The molecular formula is C7H8O2S. The highest BCUT2D eigenvalue weighted by Crippen LogP contribution is 2.20. The van der Waals surface area contributed by atoms with E-state index in [4.69, 9.17) is 5.11 Å². The van der Waals surface area contributed by atoms with E-state index in [0.29, 0.717) is 0 Å². The molecule has 0 aromatic heterocycles. The van der Waals surface area contributed by atoms with Gasteiger partial charge in [0.2, 0.25) is 0 Å². The summed E-state index contributed by atoms with van der Waals surface area (Å²) in [6, 6.07) is 0. The third-order valence-electron chi connectivity index (χ3n) is 1.14. The molecule has 0 bridgehead atoms. The first-order valence-electron chi connectivity index (χ1n) is 2.99. The molecule has 1 heterocycles. The molecule has 1 aliphatic heterocycles. The molecule has 1 aliphatic rings.